The van der Waals surface area contributed by atoms with Crippen LogP contribution in [0.4, 0.5) is 0 Å². The maximum absolute atomic E-state index is 2.32. The Morgan fingerprint density at radius 1 is 0.783 bits per heavy atom. The quantitative estimate of drug-likeness (QED) is 0.480. The van der Waals surface area contributed by atoms with Gasteiger partial charge in [0.1, 0.15) is 0 Å². The largest absolute Gasteiger partial charge is 0.0654 e. The fourth-order valence-electron chi connectivity index (χ4n) is 2.73. The smallest absolute Gasteiger partial charge is 0.0224 e. The lowest BCUT2D eigenvalue weighted by molar-refractivity contribution is 0.824. The van der Waals surface area contributed by atoms with E-state index in [1.54, 1.807) is 0 Å². The average Bonchev–Trinajstić information content (AvgIpc) is 2.60. The van der Waals surface area contributed by atoms with Gasteiger partial charge in [0.05, 0.1) is 0 Å². The van der Waals surface area contributed by atoms with Gasteiger partial charge >= 0.3 is 0 Å². The molecule has 0 aliphatic rings. The molecule has 0 aromatic heterocycles. The van der Waals surface area contributed by atoms with Crippen molar-refractivity contribution in [1.29, 1.82) is 0 Å². The van der Waals surface area contributed by atoms with Crippen LogP contribution >= 0.6 is 0 Å². The van der Waals surface area contributed by atoms with E-state index >= 15 is 0 Å². The van der Waals surface area contributed by atoms with Crippen LogP contribution in [0.3, 0.4) is 0 Å². The molecule has 0 nitrogen and oxygen atoms in total. The van der Waals surface area contributed by atoms with Gasteiger partial charge in [-0.2, -0.15) is 0 Å². The maximum atomic E-state index is 2.32. The number of rotatable bonds is 7. The van der Waals surface area contributed by atoms with Crippen LogP contribution in [-0.2, 0) is 0 Å². The Bertz CT molecular complexity index is 642. The van der Waals surface area contributed by atoms with Crippen LogP contribution in [0.25, 0.3) is 11.1 Å². The molecule has 0 saturated carbocycles. The summed E-state index contributed by atoms with van der Waals surface area (Å²) in [4.78, 5) is 0. The zero-order valence-electron chi connectivity index (χ0n) is 14.7. The Labute approximate surface area is 141 Å². The van der Waals surface area contributed by atoms with Gasteiger partial charge in [-0.1, -0.05) is 92.6 Å². The number of aryl methyl sites for hydroxylation is 1. The summed E-state index contributed by atoms with van der Waals surface area (Å²) in [6, 6.07) is 19.6. The summed E-state index contributed by atoms with van der Waals surface area (Å²) in [5.41, 5.74) is 6.82. The van der Waals surface area contributed by atoms with Crippen LogP contribution in [0.5, 0.6) is 0 Å². The van der Waals surface area contributed by atoms with Crippen molar-refractivity contribution in [3.8, 4) is 0 Å². The zero-order valence-corrected chi connectivity index (χ0v) is 14.7. The van der Waals surface area contributed by atoms with E-state index < -0.39 is 0 Å². The number of benzene rings is 2. The second kappa shape index (κ2) is 9.15. The van der Waals surface area contributed by atoms with Crippen LogP contribution in [0.1, 0.15) is 56.2 Å². The Kier molecular flexibility index (Phi) is 6.87. The van der Waals surface area contributed by atoms with E-state index in [1.807, 2.05) is 0 Å². The highest BCUT2D eigenvalue weighted by molar-refractivity contribution is 5.73. The summed E-state index contributed by atoms with van der Waals surface area (Å²) >= 11 is 0. The Morgan fingerprint density at radius 3 is 2.00 bits per heavy atom. The summed E-state index contributed by atoms with van der Waals surface area (Å²) in [7, 11) is 0. The Morgan fingerprint density at radius 2 is 1.39 bits per heavy atom. The van der Waals surface area contributed by atoms with E-state index in [1.165, 1.54) is 40.7 Å². The molecule has 0 spiro atoms. The van der Waals surface area contributed by atoms with E-state index in [-0.39, 0.29) is 0 Å². The van der Waals surface area contributed by atoms with Crippen molar-refractivity contribution in [3.05, 3.63) is 83.4 Å². The minimum Gasteiger partial charge on any atom is -0.0654 e. The van der Waals surface area contributed by atoms with Crippen LogP contribution in [0.2, 0.25) is 0 Å². The highest BCUT2D eigenvalue weighted by Gasteiger charge is 2.02. The van der Waals surface area contributed by atoms with Crippen molar-refractivity contribution in [3.63, 3.8) is 0 Å². The highest BCUT2D eigenvalue weighted by Crippen LogP contribution is 2.24. The molecule has 23 heavy (non-hydrogen) atoms. The number of hydrogen-bond acceptors (Lipinski definition) is 0. The molecule has 0 saturated heterocycles. The van der Waals surface area contributed by atoms with Gasteiger partial charge in [0, 0.05) is 0 Å². The Balaban J connectivity index is 2.30. The summed E-state index contributed by atoms with van der Waals surface area (Å²) < 4.78 is 0. The van der Waals surface area contributed by atoms with Gasteiger partial charge in [0.2, 0.25) is 0 Å². The third kappa shape index (κ3) is 5.25. The molecule has 120 valence electrons. The van der Waals surface area contributed by atoms with Crippen molar-refractivity contribution >= 4 is 11.1 Å². The monoisotopic (exact) mass is 304 g/mol. The standard InChI is InChI=1S/C23H28/c1-4-6-10-22(21-11-8-7-9-12-21)18-17-20(5-2)23-15-13-19(3)14-16-23/h7-9,11-18H,4-6,10H2,1-3H3. The minimum absolute atomic E-state index is 1.05. The van der Waals surface area contributed by atoms with Crippen LogP contribution < -0.4 is 0 Å². The molecule has 0 fully saturated rings. The van der Waals surface area contributed by atoms with Crippen molar-refractivity contribution in [1.82, 2.24) is 0 Å². The first-order valence-corrected chi connectivity index (χ1v) is 8.76. The lowest BCUT2D eigenvalue weighted by atomic mass is 9.97. The molecule has 0 amide bonds. The molecule has 0 aliphatic carbocycles. The molecule has 0 bridgehead atoms. The van der Waals surface area contributed by atoms with Crippen LogP contribution in [0.15, 0.2) is 66.7 Å². The number of hydrogen-bond donors (Lipinski definition) is 0. The molecule has 0 heterocycles. The predicted molar refractivity (Wildman–Crippen MR) is 103 cm³/mol. The lowest BCUT2D eigenvalue weighted by Crippen LogP contribution is -1.86. The molecule has 0 atom stereocenters. The summed E-state index contributed by atoms with van der Waals surface area (Å²) in [5.74, 6) is 0. The molecule has 0 aliphatic heterocycles. The van der Waals surface area contributed by atoms with Crippen LogP contribution in [-0.4, -0.2) is 0 Å². The molecular weight excluding hydrogens is 276 g/mol. The number of unbranched alkanes of at least 4 members (excludes halogenated alkanes) is 1. The number of allylic oxidation sites excluding steroid dienone is 4. The maximum Gasteiger partial charge on any atom is -0.0224 e. The van der Waals surface area contributed by atoms with Gasteiger partial charge in [-0.3, -0.25) is 0 Å². The fourth-order valence-corrected chi connectivity index (χ4v) is 2.73. The third-order valence-corrected chi connectivity index (χ3v) is 4.23. The third-order valence-electron chi connectivity index (χ3n) is 4.23. The predicted octanol–water partition coefficient (Wildman–Crippen LogP) is 7.06. The molecular formula is C23H28. The molecule has 0 N–H and O–H groups in total. The van der Waals surface area contributed by atoms with Crippen molar-refractivity contribution in [2.75, 3.05) is 0 Å². The van der Waals surface area contributed by atoms with Crippen molar-refractivity contribution in [2.45, 2.75) is 46.5 Å². The SMILES string of the molecule is CCCCC(=CC=C(CC)c1ccc(C)cc1)c1ccccc1. The van der Waals surface area contributed by atoms with E-state index in [0.29, 0.717) is 0 Å². The zero-order chi connectivity index (χ0) is 16.5. The van der Waals surface area contributed by atoms with Gasteiger partial charge < -0.3 is 0 Å². The van der Waals surface area contributed by atoms with Crippen molar-refractivity contribution < 1.29 is 0 Å². The summed E-state index contributed by atoms with van der Waals surface area (Å²) in [5, 5.41) is 0. The Hall–Kier alpha value is -2.08. The van der Waals surface area contributed by atoms with E-state index in [9.17, 15) is 0 Å². The van der Waals surface area contributed by atoms with Gasteiger partial charge in [0.15, 0.2) is 0 Å². The first kappa shape index (κ1) is 17.3. The van der Waals surface area contributed by atoms with E-state index in [4.69, 9.17) is 0 Å². The fraction of sp³-hybridized carbons (Fsp3) is 0.304. The molecule has 0 radical (unpaired) electrons. The minimum atomic E-state index is 1.05. The van der Waals surface area contributed by atoms with Gasteiger partial charge in [-0.05, 0) is 48.5 Å². The average molecular weight is 304 g/mol. The molecule has 2 rings (SSSR count). The first-order chi connectivity index (χ1) is 11.2. The summed E-state index contributed by atoms with van der Waals surface area (Å²) in [6.45, 7) is 6.62. The van der Waals surface area contributed by atoms with Gasteiger partial charge in [-0.15, -0.1) is 0 Å². The molecule has 2 aromatic rings. The molecule has 2 aromatic carbocycles. The topological polar surface area (TPSA) is 0 Å². The lowest BCUT2D eigenvalue weighted by Gasteiger charge is -2.08. The first-order valence-electron chi connectivity index (χ1n) is 8.76. The highest BCUT2D eigenvalue weighted by atomic mass is 14.1. The normalized spacial score (nSPS) is 12.5. The second-order valence-electron chi connectivity index (χ2n) is 6.07. The van der Waals surface area contributed by atoms with E-state index in [2.05, 4.69) is 87.5 Å². The van der Waals surface area contributed by atoms with Crippen LogP contribution in [0, 0.1) is 6.92 Å². The summed E-state index contributed by atoms with van der Waals surface area (Å²) in [6.07, 6.45) is 9.29. The van der Waals surface area contributed by atoms with Crippen molar-refractivity contribution in [2.24, 2.45) is 0 Å². The van der Waals surface area contributed by atoms with Gasteiger partial charge in [-0.25, -0.2) is 0 Å². The van der Waals surface area contributed by atoms with Gasteiger partial charge in [0.25, 0.3) is 0 Å². The van der Waals surface area contributed by atoms with E-state index in [0.717, 1.165) is 12.8 Å². The molecule has 0 unspecified atom stereocenters. The second-order valence-corrected chi connectivity index (χ2v) is 6.07. The molecule has 0 heteroatoms.